The van der Waals surface area contributed by atoms with Crippen molar-refractivity contribution in [3.63, 3.8) is 0 Å². The van der Waals surface area contributed by atoms with Gasteiger partial charge in [-0.05, 0) is 19.1 Å². The molecule has 0 saturated carbocycles. The Hall–Kier alpha value is -2.16. The summed E-state index contributed by atoms with van der Waals surface area (Å²) in [5, 5.41) is 5.13. The topological polar surface area (TPSA) is 68.0 Å². The van der Waals surface area contributed by atoms with Crippen molar-refractivity contribution in [3.8, 4) is 11.8 Å². The Morgan fingerprint density at radius 2 is 2.37 bits per heavy atom. The van der Waals surface area contributed by atoms with E-state index in [9.17, 15) is 4.79 Å². The minimum absolute atomic E-state index is 0.208. The van der Waals surface area contributed by atoms with Crippen LogP contribution in [0.5, 0.6) is 0 Å². The Labute approximate surface area is 115 Å². The van der Waals surface area contributed by atoms with Crippen molar-refractivity contribution in [2.24, 2.45) is 5.73 Å². The molecule has 1 aromatic heterocycles. The summed E-state index contributed by atoms with van der Waals surface area (Å²) in [4.78, 5) is 16.2. The van der Waals surface area contributed by atoms with Gasteiger partial charge in [0, 0.05) is 17.1 Å². The van der Waals surface area contributed by atoms with E-state index in [-0.39, 0.29) is 12.5 Å². The van der Waals surface area contributed by atoms with Crippen molar-refractivity contribution < 1.29 is 4.79 Å². The number of nitrogens with two attached hydrogens (primary N) is 1. The summed E-state index contributed by atoms with van der Waals surface area (Å²) in [5.41, 5.74) is 7.57. The van der Waals surface area contributed by atoms with Gasteiger partial charge in [0.1, 0.15) is 0 Å². The fourth-order valence-corrected chi connectivity index (χ4v) is 2.07. The number of aryl methyl sites for hydroxylation is 1. The Kier molecular flexibility index (Phi) is 4.29. The van der Waals surface area contributed by atoms with E-state index in [0.717, 1.165) is 5.56 Å². The van der Waals surface area contributed by atoms with Crippen molar-refractivity contribution in [1.29, 1.82) is 0 Å². The Morgan fingerprint density at radius 1 is 1.53 bits per heavy atom. The first-order valence-electron chi connectivity index (χ1n) is 5.71. The lowest BCUT2D eigenvalue weighted by Crippen LogP contribution is -2.13. The number of rotatable bonds is 2. The quantitative estimate of drug-likeness (QED) is 0.821. The minimum Gasteiger partial charge on any atom is -0.320 e. The van der Waals surface area contributed by atoms with Crippen molar-refractivity contribution >= 4 is 22.4 Å². The molecule has 1 amide bonds. The summed E-state index contributed by atoms with van der Waals surface area (Å²) in [5.74, 6) is 5.46. The molecular weight excluding hydrogens is 258 g/mol. The van der Waals surface area contributed by atoms with Crippen molar-refractivity contribution in [2.45, 2.75) is 6.92 Å². The molecule has 0 atom stereocenters. The number of carbonyl (C=O) groups excluding carboxylic acids is 1. The molecule has 0 aliphatic rings. The molecule has 3 N–H and O–H groups in total. The van der Waals surface area contributed by atoms with Crippen LogP contribution in [0.25, 0.3) is 0 Å². The summed E-state index contributed by atoms with van der Waals surface area (Å²) in [6.07, 6.45) is 1.64. The molecule has 2 aromatic rings. The van der Waals surface area contributed by atoms with Crippen molar-refractivity contribution in [3.05, 3.63) is 46.5 Å². The second-order valence-corrected chi connectivity index (χ2v) is 4.74. The van der Waals surface area contributed by atoms with Crippen LogP contribution in [0.3, 0.4) is 0 Å². The zero-order chi connectivity index (χ0) is 13.7. The molecule has 0 unspecified atom stereocenters. The van der Waals surface area contributed by atoms with Crippen LogP contribution < -0.4 is 11.1 Å². The molecule has 0 aliphatic carbocycles. The molecule has 1 aromatic carbocycles. The molecule has 2 rings (SSSR count). The molecule has 0 fully saturated rings. The molecule has 19 heavy (non-hydrogen) atoms. The summed E-state index contributed by atoms with van der Waals surface area (Å²) >= 11 is 1.37. The smallest absolute Gasteiger partial charge is 0.258 e. The first kappa shape index (κ1) is 13.3. The van der Waals surface area contributed by atoms with E-state index in [1.807, 2.05) is 25.1 Å². The zero-order valence-corrected chi connectivity index (χ0v) is 11.3. The average molecular weight is 271 g/mol. The van der Waals surface area contributed by atoms with Gasteiger partial charge in [-0.1, -0.05) is 23.5 Å². The van der Waals surface area contributed by atoms with Crippen LogP contribution in [0.15, 0.2) is 29.8 Å². The van der Waals surface area contributed by atoms with Gasteiger partial charge in [-0.2, -0.15) is 0 Å². The second-order valence-electron chi connectivity index (χ2n) is 3.85. The summed E-state index contributed by atoms with van der Waals surface area (Å²) < 4.78 is 0. The average Bonchev–Trinajstić information content (AvgIpc) is 2.90. The monoisotopic (exact) mass is 271 g/mol. The number of hydrogen-bond acceptors (Lipinski definition) is 4. The number of nitrogens with one attached hydrogen (secondary N) is 1. The number of thiazole rings is 1. The molecule has 0 aliphatic heterocycles. The van der Waals surface area contributed by atoms with E-state index in [0.29, 0.717) is 16.3 Å². The highest BCUT2D eigenvalue weighted by Gasteiger charge is 2.11. The van der Waals surface area contributed by atoms with Crippen molar-refractivity contribution in [1.82, 2.24) is 4.98 Å². The number of carbonyl (C=O) groups is 1. The van der Waals surface area contributed by atoms with E-state index < -0.39 is 0 Å². The maximum Gasteiger partial charge on any atom is 0.258 e. The predicted octanol–water partition coefficient (Wildman–Crippen LogP) is 2.01. The second kappa shape index (κ2) is 6.14. The molecule has 0 spiro atoms. The van der Waals surface area contributed by atoms with E-state index in [4.69, 9.17) is 5.73 Å². The first-order valence-corrected chi connectivity index (χ1v) is 6.59. The molecule has 1 heterocycles. The van der Waals surface area contributed by atoms with Gasteiger partial charge in [0.05, 0.1) is 12.1 Å². The molecule has 0 radical (unpaired) electrons. The molecular formula is C14H13N3OS. The van der Waals surface area contributed by atoms with Crippen LogP contribution in [0.2, 0.25) is 0 Å². The van der Waals surface area contributed by atoms with E-state index in [2.05, 4.69) is 22.1 Å². The van der Waals surface area contributed by atoms with Gasteiger partial charge < -0.3 is 5.73 Å². The molecule has 0 saturated heterocycles. The molecule has 0 bridgehead atoms. The third-order valence-corrected chi connectivity index (χ3v) is 3.09. The van der Waals surface area contributed by atoms with E-state index >= 15 is 0 Å². The fourth-order valence-electron chi connectivity index (χ4n) is 1.55. The Balaban J connectivity index is 2.31. The Bertz CT molecular complexity index is 638. The highest BCUT2D eigenvalue weighted by Crippen LogP contribution is 2.15. The van der Waals surface area contributed by atoms with Crippen LogP contribution >= 0.6 is 11.3 Å². The third kappa shape index (κ3) is 3.41. The molecule has 5 heteroatoms. The number of hydrogen-bond donors (Lipinski definition) is 2. The largest absolute Gasteiger partial charge is 0.320 e. The maximum atomic E-state index is 12.2. The standard InChI is InChI=1S/C14H13N3OS/c1-10-4-5-11(3-2-6-15)12(9-10)13(18)17-14-16-7-8-19-14/h4-5,7-9H,6,15H2,1H3,(H,16,17,18). The number of nitrogens with zero attached hydrogens (tertiary/aromatic N) is 1. The lowest BCUT2D eigenvalue weighted by molar-refractivity contribution is 0.102. The lowest BCUT2D eigenvalue weighted by Gasteiger charge is -2.05. The van der Waals surface area contributed by atoms with Crippen LogP contribution in [0.4, 0.5) is 5.13 Å². The maximum absolute atomic E-state index is 12.2. The SMILES string of the molecule is Cc1ccc(C#CCN)c(C(=O)Nc2nccs2)c1. The minimum atomic E-state index is -0.208. The summed E-state index contributed by atoms with van der Waals surface area (Å²) in [6.45, 7) is 2.20. The van der Waals surface area contributed by atoms with Gasteiger partial charge in [0.15, 0.2) is 5.13 Å². The number of amides is 1. The Morgan fingerprint density at radius 3 is 3.05 bits per heavy atom. The number of aromatic nitrogens is 1. The molecule has 4 nitrogen and oxygen atoms in total. The normalized spacial score (nSPS) is 9.58. The first-order chi connectivity index (χ1) is 9.20. The number of anilines is 1. The van der Waals surface area contributed by atoms with Gasteiger partial charge in [-0.25, -0.2) is 4.98 Å². The van der Waals surface area contributed by atoms with Crippen LogP contribution in [-0.4, -0.2) is 17.4 Å². The molecule has 96 valence electrons. The summed E-state index contributed by atoms with van der Waals surface area (Å²) in [6, 6.07) is 5.55. The van der Waals surface area contributed by atoms with E-state index in [1.165, 1.54) is 11.3 Å². The van der Waals surface area contributed by atoms with E-state index in [1.54, 1.807) is 11.6 Å². The van der Waals surface area contributed by atoms with Gasteiger partial charge >= 0.3 is 0 Å². The van der Waals surface area contributed by atoms with Crippen LogP contribution in [0, 0.1) is 18.8 Å². The highest BCUT2D eigenvalue weighted by molar-refractivity contribution is 7.13. The predicted molar refractivity (Wildman–Crippen MR) is 77.2 cm³/mol. The zero-order valence-electron chi connectivity index (χ0n) is 10.4. The number of benzene rings is 1. The van der Waals surface area contributed by atoms with Gasteiger partial charge in [0.25, 0.3) is 5.91 Å². The highest BCUT2D eigenvalue weighted by atomic mass is 32.1. The van der Waals surface area contributed by atoms with Crippen molar-refractivity contribution in [2.75, 3.05) is 11.9 Å². The lowest BCUT2D eigenvalue weighted by atomic mass is 10.0. The van der Waals surface area contributed by atoms with Gasteiger partial charge in [-0.15, -0.1) is 11.3 Å². The fraction of sp³-hybridized carbons (Fsp3) is 0.143. The summed E-state index contributed by atoms with van der Waals surface area (Å²) in [7, 11) is 0. The van der Waals surface area contributed by atoms with Crippen LogP contribution in [0.1, 0.15) is 21.5 Å². The van der Waals surface area contributed by atoms with Gasteiger partial charge in [-0.3, -0.25) is 10.1 Å². The van der Waals surface area contributed by atoms with Crippen LogP contribution in [-0.2, 0) is 0 Å². The third-order valence-electron chi connectivity index (χ3n) is 2.40. The van der Waals surface area contributed by atoms with Gasteiger partial charge in [0.2, 0.25) is 0 Å².